The van der Waals surface area contributed by atoms with Gasteiger partial charge in [0.2, 0.25) is 5.43 Å². The topological polar surface area (TPSA) is 30.2 Å². The van der Waals surface area contributed by atoms with Crippen molar-refractivity contribution in [2.45, 2.75) is 26.2 Å². The van der Waals surface area contributed by atoms with E-state index in [4.69, 9.17) is 4.42 Å². The Morgan fingerprint density at radius 1 is 1.29 bits per heavy atom. The van der Waals surface area contributed by atoms with Gasteiger partial charge in [-0.15, -0.1) is 0 Å². The zero-order valence-electron chi connectivity index (χ0n) is 11.6. The lowest BCUT2D eigenvalue weighted by Crippen LogP contribution is -2.43. The molecule has 0 bridgehead atoms. The van der Waals surface area contributed by atoms with Gasteiger partial charge >= 0.3 is 0 Å². The quantitative estimate of drug-likeness (QED) is 0.850. The van der Waals surface area contributed by atoms with Crippen LogP contribution in [0, 0.1) is 5.82 Å². The molecule has 0 saturated carbocycles. The molecule has 3 rings (SSSR count). The molecule has 1 heterocycles. The van der Waals surface area contributed by atoms with Gasteiger partial charge in [-0.25, -0.2) is 8.78 Å². The van der Waals surface area contributed by atoms with Crippen LogP contribution in [0.5, 0.6) is 0 Å². The summed E-state index contributed by atoms with van der Waals surface area (Å²) in [7, 11) is 0. The minimum Gasteiger partial charge on any atom is -0.460 e. The van der Waals surface area contributed by atoms with Crippen LogP contribution < -0.4 is 16.1 Å². The maximum atomic E-state index is 14.0. The molecule has 1 aromatic heterocycles. The SMILES string of the molecule is CCc1oc2c(c(=O)c1-c1cccc(F)c1)=C(F)CCC=2. The van der Waals surface area contributed by atoms with Gasteiger partial charge < -0.3 is 4.42 Å². The molecule has 2 nitrogen and oxygen atoms in total. The minimum atomic E-state index is -0.457. The molecule has 0 fully saturated rings. The van der Waals surface area contributed by atoms with Crippen molar-refractivity contribution < 1.29 is 13.2 Å². The fraction of sp³-hybridized carbons (Fsp3) is 0.235. The normalized spacial score (nSPS) is 13.8. The minimum absolute atomic E-state index is 0.0160. The Labute approximate surface area is 120 Å². The van der Waals surface area contributed by atoms with Gasteiger partial charge in [0.25, 0.3) is 0 Å². The second-order valence-electron chi connectivity index (χ2n) is 4.98. The van der Waals surface area contributed by atoms with Crippen molar-refractivity contribution in [2.75, 3.05) is 0 Å². The van der Waals surface area contributed by atoms with Crippen molar-refractivity contribution >= 4 is 11.9 Å². The van der Waals surface area contributed by atoms with Crippen LogP contribution in [0.1, 0.15) is 25.5 Å². The lowest BCUT2D eigenvalue weighted by Gasteiger charge is -2.10. The molecule has 4 heteroatoms. The number of aryl methyl sites for hydroxylation is 1. The summed E-state index contributed by atoms with van der Waals surface area (Å²) >= 11 is 0. The van der Waals surface area contributed by atoms with E-state index in [-0.39, 0.29) is 17.2 Å². The van der Waals surface area contributed by atoms with E-state index in [9.17, 15) is 13.6 Å². The first-order valence-electron chi connectivity index (χ1n) is 6.92. The standard InChI is InChI=1S/C17H14F2O2/c1-2-13-15(10-5-3-6-11(18)9-10)17(20)16-12(19)7-4-8-14(16)21-13/h3,5-6,8-9H,2,4,7H2,1H3. The highest BCUT2D eigenvalue weighted by Gasteiger charge is 2.17. The van der Waals surface area contributed by atoms with Gasteiger partial charge in [-0.3, -0.25) is 4.79 Å². The van der Waals surface area contributed by atoms with Crippen LogP contribution >= 0.6 is 0 Å². The van der Waals surface area contributed by atoms with Crippen molar-refractivity contribution in [1.82, 2.24) is 0 Å². The smallest absolute Gasteiger partial charge is 0.203 e. The Balaban J connectivity index is 2.44. The van der Waals surface area contributed by atoms with E-state index in [1.54, 1.807) is 12.1 Å². The second kappa shape index (κ2) is 5.28. The Morgan fingerprint density at radius 3 is 2.81 bits per heavy atom. The number of benzene rings is 1. The van der Waals surface area contributed by atoms with Crippen LogP contribution in [-0.4, -0.2) is 0 Å². The highest BCUT2D eigenvalue weighted by atomic mass is 19.1. The van der Waals surface area contributed by atoms with Gasteiger partial charge in [-0.05, 0) is 30.2 Å². The molecule has 2 aromatic rings. The fourth-order valence-corrected chi connectivity index (χ4v) is 2.64. The molecule has 0 amide bonds. The summed E-state index contributed by atoms with van der Waals surface area (Å²) in [6.07, 6.45) is 2.92. The van der Waals surface area contributed by atoms with E-state index in [1.807, 2.05) is 6.92 Å². The average Bonchev–Trinajstić information content (AvgIpc) is 2.46. The fourth-order valence-electron chi connectivity index (χ4n) is 2.64. The van der Waals surface area contributed by atoms with Crippen molar-refractivity contribution in [1.29, 1.82) is 0 Å². The Kier molecular flexibility index (Phi) is 3.45. The van der Waals surface area contributed by atoms with Crippen LogP contribution in [0.3, 0.4) is 0 Å². The summed E-state index contributed by atoms with van der Waals surface area (Å²) in [5.41, 5.74) is 0.538. The molecule has 0 atom stereocenters. The van der Waals surface area contributed by atoms with Gasteiger partial charge in [-0.1, -0.05) is 19.1 Å². The number of halogens is 2. The second-order valence-corrected chi connectivity index (χ2v) is 4.98. The lowest BCUT2D eigenvalue weighted by atomic mass is 10.0. The van der Waals surface area contributed by atoms with E-state index in [0.29, 0.717) is 29.6 Å². The summed E-state index contributed by atoms with van der Waals surface area (Å²) in [5, 5.41) is -0.0160. The maximum absolute atomic E-state index is 14.0. The van der Waals surface area contributed by atoms with E-state index < -0.39 is 17.1 Å². The third-order valence-corrected chi connectivity index (χ3v) is 3.61. The van der Waals surface area contributed by atoms with Gasteiger partial charge in [0.1, 0.15) is 22.8 Å². The first-order valence-corrected chi connectivity index (χ1v) is 6.92. The number of hydrogen-bond acceptors (Lipinski definition) is 2. The first-order chi connectivity index (χ1) is 10.1. The predicted molar refractivity (Wildman–Crippen MR) is 77.2 cm³/mol. The molecule has 0 N–H and O–H groups in total. The van der Waals surface area contributed by atoms with E-state index in [2.05, 4.69) is 0 Å². The molecule has 21 heavy (non-hydrogen) atoms. The molecule has 0 radical (unpaired) electrons. The van der Waals surface area contributed by atoms with Crippen LogP contribution in [-0.2, 0) is 6.42 Å². The summed E-state index contributed by atoms with van der Waals surface area (Å²) in [6, 6.07) is 5.72. The Hall–Kier alpha value is -2.23. The molecule has 0 saturated heterocycles. The molecule has 1 aromatic carbocycles. The molecular formula is C17H14F2O2. The number of rotatable bonds is 2. The highest BCUT2D eigenvalue weighted by molar-refractivity contribution is 5.66. The Bertz CT molecular complexity index is 879. The van der Waals surface area contributed by atoms with E-state index in [0.717, 1.165) is 0 Å². The van der Waals surface area contributed by atoms with Crippen LogP contribution in [0.25, 0.3) is 23.0 Å². The highest BCUT2D eigenvalue weighted by Crippen LogP contribution is 2.20. The Morgan fingerprint density at radius 2 is 2.10 bits per heavy atom. The van der Waals surface area contributed by atoms with Gasteiger partial charge in [-0.2, -0.15) is 0 Å². The third kappa shape index (κ3) is 2.31. The maximum Gasteiger partial charge on any atom is 0.203 e. The zero-order chi connectivity index (χ0) is 15.0. The van der Waals surface area contributed by atoms with Gasteiger partial charge in [0.15, 0.2) is 0 Å². The van der Waals surface area contributed by atoms with Crippen LogP contribution in [0.2, 0.25) is 0 Å². The largest absolute Gasteiger partial charge is 0.460 e. The molecule has 108 valence electrons. The molecule has 0 unspecified atom stereocenters. The van der Waals surface area contributed by atoms with Gasteiger partial charge in [0.05, 0.1) is 10.8 Å². The van der Waals surface area contributed by atoms with Crippen LogP contribution in [0.4, 0.5) is 8.78 Å². The zero-order valence-corrected chi connectivity index (χ0v) is 11.6. The molecule has 0 spiro atoms. The van der Waals surface area contributed by atoms with E-state index >= 15 is 0 Å². The van der Waals surface area contributed by atoms with Crippen molar-refractivity contribution in [3.63, 3.8) is 0 Å². The summed E-state index contributed by atoms with van der Waals surface area (Å²) < 4.78 is 33.1. The number of fused-ring (bicyclic) bond motifs is 1. The van der Waals surface area contributed by atoms with Crippen molar-refractivity contribution in [3.05, 3.63) is 56.7 Å². The van der Waals surface area contributed by atoms with E-state index in [1.165, 1.54) is 18.2 Å². The van der Waals surface area contributed by atoms with Gasteiger partial charge in [0, 0.05) is 12.8 Å². The molecule has 1 aliphatic carbocycles. The summed E-state index contributed by atoms with van der Waals surface area (Å²) in [4.78, 5) is 12.7. The lowest BCUT2D eigenvalue weighted by molar-refractivity contribution is 0.458. The summed E-state index contributed by atoms with van der Waals surface area (Å²) in [6.45, 7) is 1.84. The van der Waals surface area contributed by atoms with Crippen molar-refractivity contribution in [2.24, 2.45) is 0 Å². The summed E-state index contributed by atoms with van der Waals surface area (Å²) in [5.74, 6) is -0.445. The average molecular weight is 288 g/mol. The predicted octanol–water partition coefficient (Wildman–Crippen LogP) is 2.66. The third-order valence-electron chi connectivity index (χ3n) is 3.61. The number of hydrogen-bond donors (Lipinski definition) is 0. The first kappa shape index (κ1) is 13.7. The molecule has 0 aliphatic heterocycles. The van der Waals surface area contributed by atoms with Crippen LogP contribution in [0.15, 0.2) is 33.5 Å². The molecule has 1 aliphatic rings. The van der Waals surface area contributed by atoms with Crippen molar-refractivity contribution in [3.8, 4) is 11.1 Å². The molecular weight excluding hydrogens is 274 g/mol. The monoisotopic (exact) mass is 288 g/mol.